The second kappa shape index (κ2) is 4.75. The van der Waals surface area contributed by atoms with Gasteiger partial charge in [0, 0.05) is 47.0 Å². The molecule has 78 valence electrons. The van der Waals surface area contributed by atoms with E-state index in [0.717, 1.165) is 26.2 Å². The molecule has 0 radical (unpaired) electrons. The van der Waals surface area contributed by atoms with E-state index in [1.54, 1.807) is 0 Å². The Bertz CT molecular complexity index is 300. The summed E-state index contributed by atoms with van der Waals surface area (Å²) in [6.45, 7) is 6.79. The predicted octanol–water partition coefficient (Wildman–Crippen LogP) is 2.30. The molecule has 1 aliphatic rings. The Labute approximate surface area is 97.4 Å². The van der Waals surface area contributed by atoms with E-state index < -0.39 is 0 Å². The number of piperazine rings is 1. The summed E-state index contributed by atoms with van der Waals surface area (Å²) >= 11 is 5.33. The number of rotatable bonds is 2. The lowest BCUT2D eigenvalue weighted by Gasteiger charge is -2.33. The Balaban J connectivity index is 1.95. The maximum atomic E-state index is 3.49. The second-order valence-electron chi connectivity index (χ2n) is 3.75. The van der Waals surface area contributed by atoms with Crippen molar-refractivity contribution >= 4 is 27.3 Å². The van der Waals surface area contributed by atoms with Crippen LogP contribution >= 0.6 is 27.3 Å². The topological polar surface area (TPSA) is 15.3 Å². The molecule has 1 fully saturated rings. The molecule has 1 atom stereocenters. The molecule has 1 aromatic heterocycles. The van der Waals surface area contributed by atoms with Gasteiger partial charge in [-0.25, -0.2) is 0 Å². The van der Waals surface area contributed by atoms with E-state index in [0.29, 0.717) is 6.04 Å². The largest absolute Gasteiger partial charge is 0.314 e. The normalized spacial score (nSPS) is 24.0. The molecule has 1 saturated heterocycles. The molecular formula is C10H15BrN2S. The summed E-state index contributed by atoms with van der Waals surface area (Å²) in [5.41, 5.74) is 0. The zero-order valence-corrected chi connectivity index (χ0v) is 10.7. The van der Waals surface area contributed by atoms with E-state index in [1.165, 1.54) is 9.35 Å². The Morgan fingerprint density at radius 2 is 2.57 bits per heavy atom. The minimum atomic E-state index is 0.657. The Kier molecular flexibility index (Phi) is 3.60. The summed E-state index contributed by atoms with van der Waals surface area (Å²) in [5.74, 6) is 0. The zero-order valence-electron chi connectivity index (χ0n) is 8.29. The number of hydrogen-bond donors (Lipinski definition) is 1. The number of nitrogens with one attached hydrogen (secondary N) is 1. The maximum Gasteiger partial charge on any atom is 0.0332 e. The molecule has 2 nitrogen and oxygen atoms in total. The fourth-order valence-electron chi connectivity index (χ4n) is 1.75. The minimum absolute atomic E-state index is 0.657. The highest BCUT2D eigenvalue weighted by molar-refractivity contribution is 9.10. The number of nitrogens with zero attached hydrogens (tertiary/aromatic N) is 1. The maximum absolute atomic E-state index is 3.49. The van der Waals surface area contributed by atoms with Crippen molar-refractivity contribution in [3.05, 3.63) is 20.8 Å². The molecule has 1 aliphatic heterocycles. The summed E-state index contributed by atoms with van der Waals surface area (Å²) in [5, 5.41) is 5.56. The lowest BCUT2D eigenvalue weighted by molar-refractivity contribution is 0.167. The van der Waals surface area contributed by atoms with Gasteiger partial charge in [0.05, 0.1) is 0 Å². The van der Waals surface area contributed by atoms with Crippen LogP contribution in [0.3, 0.4) is 0 Å². The first-order valence-electron chi connectivity index (χ1n) is 4.93. The van der Waals surface area contributed by atoms with Crippen LogP contribution in [0.4, 0.5) is 0 Å². The summed E-state index contributed by atoms with van der Waals surface area (Å²) in [7, 11) is 0. The average molecular weight is 275 g/mol. The summed E-state index contributed by atoms with van der Waals surface area (Å²) in [4.78, 5) is 3.99. The van der Waals surface area contributed by atoms with Gasteiger partial charge in [0.2, 0.25) is 0 Å². The Morgan fingerprint density at radius 1 is 1.71 bits per heavy atom. The van der Waals surface area contributed by atoms with E-state index >= 15 is 0 Å². The number of thiophene rings is 1. The fraction of sp³-hybridized carbons (Fsp3) is 0.600. The molecular weight excluding hydrogens is 260 g/mol. The number of halogens is 1. The molecule has 2 heterocycles. The van der Waals surface area contributed by atoms with Crippen LogP contribution < -0.4 is 5.32 Å². The van der Waals surface area contributed by atoms with Gasteiger partial charge < -0.3 is 5.32 Å². The Morgan fingerprint density at radius 3 is 3.21 bits per heavy atom. The van der Waals surface area contributed by atoms with Crippen LogP contribution in [0, 0.1) is 0 Å². The fourth-order valence-corrected chi connectivity index (χ4v) is 3.23. The highest BCUT2D eigenvalue weighted by Gasteiger charge is 2.18. The standard InChI is InChI=1S/C10H15BrN2S/c1-8-5-12-2-3-13(8)6-10-4-9(11)7-14-10/h4,7-8,12H,2-3,5-6H2,1H3/t8-/m1/s1. The van der Waals surface area contributed by atoms with Gasteiger partial charge in [-0.05, 0) is 28.9 Å². The van der Waals surface area contributed by atoms with Crippen LogP contribution in [-0.2, 0) is 6.54 Å². The van der Waals surface area contributed by atoms with Crippen molar-refractivity contribution < 1.29 is 0 Å². The highest BCUT2D eigenvalue weighted by Crippen LogP contribution is 2.22. The van der Waals surface area contributed by atoms with Gasteiger partial charge in [-0.3, -0.25) is 4.90 Å². The van der Waals surface area contributed by atoms with Crippen LogP contribution in [0.2, 0.25) is 0 Å². The van der Waals surface area contributed by atoms with Crippen molar-refractivity contribution in [2.24, 2.45) is 0 Å². The van der Waals surface area contributed by atoms with Gasteiger partial charge in [-0.15, -0.1) is 11.3 Å². The van der Waals surface area contributed by atoms with Crippen molar-refractivity contribution in [1.82, 2.24) is 10.2 Å². The van der Waals surface area contributed by atoms with E-state index in [1.807, 2.05) is 11.3 Å². The number of hydrogen-bond acceptors (Lipinski definition) is 3. The van der Waals surface area contributed by atoms with Gasteiger partial charge in [0.1, 0.15) is 0 Å². The minimum Gasteiger partial charge on any atom is -0.314 e. The first-order chi connectivity index (χ1) is 6.75. The SMILES string of the molecule is C[C@@H]1CNCCN1Cc1cc(Br)cs1. The molecule has 2 rings (SSSR count). The third-order valence-corrected chi connectivity index (χ3v) is 4.30. The van der Waals surface area contributed by atoms with Crippen LogP contribution in [0.25, 0.3) is 0 Å². The van der Waals surface area contributed by atoms with Crippen LogP contribution in [0.15, 0.2) is 15.9 Å². The molecule has 1 aromatic rings. The third kappa shape index (κ3) is 2.57. The Hall–Kier alpha value is 0.1000. The zero-order chi connectivity index (χ0) is 9.97. The van der Waals surface area contributed by atoms with E-state index in [9.17, 15) is 0 Å². The van der Waals surface area contributed by atoms with Crippen molar-refractivity contribution in [1.29, 1.82) is 0 Å². The van der Waals surface area contributed by atoms with E-state index in [2.05, 4.69) is 44.5 Å². The van der Waals surface area contributed by atoms with Gasteiger partial charge in [-0.1, -0.05) is 0 Å². The lowest BCUT2D eigenvalue weighted by atomic mass is 10.2. The predicted molar refractivity (Wildman–Crippen MR) is 64.8 cm³/mol. The molecule has 1 N–H and O–H groups in total. The van der Waals surface area contributed by atoms with Gasteiger partial charge >= 0.3 is 0 Å². The average Bonchev–Trinajstić information content (AvgIpc) is 2.56. The second-order valence-corrected chi connectivity index (χ2v) is 5.67. The van der Waals surface area contributed by atoms with Crippen LogP contribution in [0.5, 0.6) is 0 Å². The third-order valence-electron chi connectivity index (χ3n) is 2.62. The highest BCUT2D eigenvalue weighted by atomic mass is 79.9. The molecule has 0 aliphatic carbocycles. The van der Waals surface area contributed by atoms with Crippen molar-refractivity contribution in [2.75, 3.05) is 19.6 Å². The molecule has 0 aromatic carbocycles. The smallest absolute Gasteiger partial charge is 0.0332 e. The molecule has 4 heteroatoms. The molecule has 0 unspecified atom stereocenters. The van der Waals surface area contributed by atoms with Crippen molar-refractivity contribution in [2.45, 2.75) is 19.5 Å². The first-order valence-corrected chi connectivity index (χ1v) is 6.60. The molecule has 0 saturated carbocycles. The molecule has 0 spiro atoms. The monoisotopic (exact) mass is 274 g/mol. The molecule has 0 bridgehead atoms. The van der Waals surface area contributed by atoms with E-state index in [4.69, 9.17) is 0 Å². The summed E-state index contributed by atoms with van der Waals surface area (Å²) < 4.78 is 1.21. The van der Waals surface area contributed by atoms with Crippen LogP contribution in [-0.4, -0.2) is 30.6 Å². The molecule has 0 amide bonds. The lowest BCUT2D eigenvalue weighted by Crippen LogP contribution is -2.49. The first kappa shape index (κ1) is 10.6. The summed E-state index contributed by atoms with van der Waals surface area (Å²) in [6.07, 6.45) is 0. The molecule has 14 heavy (non-hydrogen) atoms. The van der Waals surface area contributed by atoms with Gasteiger partial charge in [0.25, 0.3) is 0 Å². The van der Waals surface area contributed by atoms with Gasteiger partial charge in [0.15, 0.2) is 0 Å². The van der Waals surface area contributed by atoms with Crippen molar-refractivity contribution in [3.8, 4) is 0 Å². The van der Waals surface area contributed by atoms with E-state index in [-0.39, 0.29) is 0 Å². The van der Waals surface area contributed by atoms with Gasteiger partial charge in [-0.2, -0.15) is 0 Å². The van der Waals surface area contributed by atoms with Crippen LogP contribution in [0.1, 0.15) is 11.8 Å². The van der Waals surface area contributed by atoms with Crippen molar-refractivity contribution in [3.63, 3.8) is 0 Å². The summed E-state index contributed by atoms with van der Waals surface area (Å²) in [6, 6.07) is 2.88. The quantitative estimate of drug-likeness (QED) is 0.891.